The lowest BCUT2D eigenvalue weighted by molar-refractivity contribution is 0.195. The first-order valence-corrected chi connectivity index (χ1v) is 6.41. The van der Waals surface area contributed by atoms with Gasteiger partial charge in [-0.25, -0.2) is 9.67 Å². The minimum Gasteiger partial charge on any atom is -0.394 e. The van der Waals surface area contributed by atoms with Gasteiger partial charge in [0.05, 0.1) is 12.6 Å². The Bertz CT molecular complexity index is 562. The lowest BCUT2D eigenvalue weighted by Crippen LogP contribution is -2.21. The van der Waals surface area contributed by atoms with Crippen molar-refractivity contribution in [2.45, 2.75) is 32.2 Å². The SMILES string of the molecule is Cc1cccc(-c2nc3n(n2)C(CO)CCC3)c1. The molecule has 1 aliphatic rings. The topological polar surface area (TPSA) is 50.9 Å². The van der Waals surface area contributed by atoms with Crippen molar-refractivity contribution < 1.29 is 5.11 Å². The van der Waals surface area contributed by atoms with Crippen LogP contribution in [-0.4, -0.2) is 26.5 Å². The van der Waals surface area contributed by atoms with Crippen molar-refractivity contribution in [3.05, 3.63) is 35.7 Å². The second-order valence-electron chi connectivity index (χ2n) is 4.89. The van der Waals surface area contributed by atoms with Crippen LogP contribution in [0.1, 0.15) is 30.3 Å². The molecule has 18 heavy (non-hydrogen) atoms. The monoisotopic (exact) mass is 243 g/mol. The fourth-order valence-electron chi connectivity index (χ4n) is 2.51. The van der Waals surface area contributed by atoms with Crippen molar-refractivity contribution in [3.63, 3.8) is 0 Å². The molecule has 0 bridgehead atoms. The average molecular weight is 243 g/mol. The summed E-state index contributed by atoms with van der Waals surface area (Å²) in [6, 6.07) is 8.31. The van der Waals surface area contributed by atoms with Gasteiger partial charge in [-0.15, -0.1) is 0 Å². The highest BCUT2D eigenvalue weighted by Crippen LogP contribution is 2.25. The molecule has 0 saturated heterocycles. The smallest absolute Gasteiger partial charge is 0.181 e. The van der Waals surface area contributed by atoms with Gasteiger partial charge in [0, 0.05) is 12.0 Å². The van der Waals surface area contributed by atoms with Gasteiger partial charge >= 0.3 is 0 Å². The number of nitrogens with zero attached hydrogens (tertiary/aromatic N) is 3. The van der Waals surface area contributed by atoms with Crippen LogP contribution in [0.2, 0.25) is 0 Å². The van der Waals surface area contributed by atoms with Crippen LogP contribution in [0.25, 0.3) is 11.4 Å². The first kappa shape index (κ1) is 11.4. The van der Waals surface area contributed by atoms with Crippen LogP contribution in [0.5, 0.6) is 0 Å². The van der Waals surface area contributed by atoms with E-state index in [1.54, 1.807) is 0 Å². The number of benzene rings is 1. The molecule has 0 spiro atoms. The molecule has 4 heteroatoms. The molecule has 2 heterocycles. The molecule has 1 N–H and O–H groups in total. The number of aliphatic hydroxyl groups is 1. The highest BCUT2D eigenvalue weighted by molar-refractivity contribution is 5.55. The van der Waals surface area contributed by atoms with E-state index < -0.39 is 0 Å². The van der Waals surface area contributed by atoms with Gasteiger partial charge in [-0.2, -0.15) is 5.10 Å². The van der Waals surface area contributed by atoms with Crippen LogP contribution >= 0.6 is 0 Å². The van der Waals surface area contributed by atoms with E-state index in [0.717, 1.165) is 36.5 Å². The van der Waals surface area contributed by atoms with Crippen LogP contribution in [0.15, 0.2) is 24.3 Å². The van der Waals surface area contributed by atoms with Crippen LogP contribution in [0, 0.1) is 6.92 Å². The molecule has 0 saturated carbocycles. The molecule has 1 aromatic heterocycles. The van der Waals surface area contributed by atoms with Gasteiger partial charge in [-0.1, -0.05) is 23.8 Å². The third-order valence-electron chi connectivity index (χ3n) is 3.47. The summed E-state index contributed by atoms with van der Waals surface area (Å²) in [6.07, 6.45) is 3.02. The number of aromatic nitrogens is 3. The Labute approximate surface area is 106 Å². The van der Waals surface area contributed by atoms with Crippen molar-refractivity contribution in [1.29, 1.82) is 0 Å². The number of hydrogen-bond donors (Lipinski definition) is 1. The van der Waals surface area contributed by atoms with Gasteiger partial charge in [0.25, 0.3) is 0 Å². The summed E-state index contributed by atoms with van der Waals surface area (Å²) < 4.78 is 1.90. The van der Waals surface area contributed by atoms with E-state index in [2.05, 4.69) is 29.1 Å². The van der Waals surface area contributed by atoms with E-state index in [4.69, 9.17) is 0 Å². The maximum Gasteiger partial charge on any atom is 0.181 e. The number of hydrogen-bond acceptors (Lipinski definition) is 3. The molecule has 1 atom stereocenters. The summed E-state index contributed by atoms with van der Waals surface area (Å²) in [7, 11) is 0. The Balaban J connectivity index is 2.02. The summed E-state index contributed by atoms with van der Waals surface area (Å²) in [4.78, 5) is 4.60. The third kappa shape index (κ3) is 1.93. The molecule has 1 aliphatic heterocycles. The minimum atomic E-state index is 0.0970. The van der Waals surface area contributed by atoms with Gasteiger partial charge in [-0.05, 0) is 25.8 Å². The lowest BCUT2D eigenvalue weighted by Gasteiger charge is -2.20. The van der Waals surface area contributed by atoms with Crippen LogP contribution in [0.4, 0.5) is 0 Å². The fraction of sp³-hybridized carbons (Fsp3) is 0.429. The molecular weight excluding hydrogens is 226 g/mol. The second-order valence-corrected chi connectivity index (χ2v) is 4.89. The summed E-state index contributed by atoms with van der Waals surface area (Å²) in [5.74, 6) is 1.77. The van der Waals surface area contributed by atoms with E-state index in [1.165, 1.54) is 5.56 Å². The van der Waals surface area contributed by atoms with E-state index in [0.29, 0.717) is 0 Å². The maximum absolute atomic E-state index is 9.37. The van der Waals surface area contributed by atoms with Gasteiger partial charge in [0.2, 0.25) is 0 Å². The molecule has 2 aromatic rings. The summed E-state index contributed by atoms with van der Waals surface area (Å²) >= 11 is 0. The third-order valence-corrected chi connectivity index (χ3v) is 3.47. The molecule has 0 amide bonds. The molecule has 94 valence electrons. The molecule has 0 aliphatic carbocycles. The molecular formula is C14H17N3O. The number of fused-ring (bicyclic) bond motifs is 1. The Hall–Kier alpha value is -1.68. The van der Waals surface area contributed by atoms with Crippen LogP contribution in [-0.2, 0) is 6.42 Å². The summed E-state index contributed by atoms with van der Waals surface area (Å²) in [6.45, 7) is 2.21. The number of rotatable bonds is 2. The van der Waals surface area contributed by atoms with E-state index >= 15 is 0 Å². The van der Waals surface area contributed by atoms with Gasteiger partial charge in [0.1, 0.15) is 5.82 Å². The Morgan fingerprint density at radius 3 is 3.11 bits per heavy atom. The summed E-state index contributed by atoms with van der Waals surface area (Å²) in [5.41, 5.74) is 2.26. The van der Waals surface area contributed by atoms with Crippen LogP contribution < -0.4 is 0 Å². The summed E-state index contributed by atoms with van der Waals surface area (Å²) in [5, 5.41) is 13.9. The standard InChI is InChI=1S/C14H17N3O/c1-10-4-2-5-11(8-10)14-15-13-7-3-6-12(9-18)17(13)16-14/h2,4-5,8,12,18H,3,6-7,9H2,1H3. The zero-order chi connectivity index (χ0) is 12.5. The molecule has 0 fully saturated rings. The largest absolute Gasteiger partial charge is 0.394 e. The molecule has 3 rings (SSSR count). The van der Waals surface area contributed by atoms with Crippen molar-refractivity contribution in [3.8, 4) is 11.4 Å². The Morgan fingerprint density at radius 1 is 1.44 bits per heavy atom. The van der Waals surface area contributed by atoms with Crippen LogP contribution in [0.3, 0.4) is 0 Å². The number of aryl methyl sites for hydroxylation is 2. The predicted molar refractivity (Wildman–Crippen MR) is 69.3 cm³/mol. The van der Waals surface area contributed by atoms with Gasteiger partial charge < -0.3 is 5.11 Å². The Kier molecular flexibility index (Phi) is 2.88. The van der Waals surface area contributed by atoms with E-state index in [1.807, 2.05) is 16.8 Å². The first-order valence-electron chi connectivity index (χ1n) is 6.41. The second kappa shape index (κ2) is 4.53. The lowest BCUT2D eigenvalue weighted by atomic mass is 10.1. The molecule has 1 unspecified atom stereocenters. The van der Waals surface area contributed by atoms with Gasteiger partial charge in [0.15, 0.2) is 5.82 Å². The normalized spacial score (nSPS) is 18.7. The zero-order valence-corrected chi connectivity index (χ0v) is 10.5. The average Bonchev–Trinajstić information content (AvgIpc) is 2.82. The van der Waals surface area contributed by atoms with E-state index in [-0.39, 0.29) is 12.6 Å². The van der Waals surface area contributed by atoms with Crippen molar-refractivity contribution in [1.82, 2.24) is 14.8 Å². The van der Waals surface area contributed by atoms with E-state index in [9.17, 15) is 5.11 Å². The van der Waals surface area contributed by atoms with Crippen molar-refractivity contribution in [2.75, 3.05) is 6.61 Å². The molecule has 0 radical (unpaired) electrons. The quantitative estimate of drug-likeness (QED) is 0.879. The Morgan fingerprint density at radius 2 is 2.33 bits per heavy atom. The highest BCUT2D eigenvalue weighted by Gasteiger charge is 2.22. The minimum absolute atomic E-state index is 0.0970. The number of aliphatic hydroxyl groups excluding tert-OH is 1. The molecule has 4 nitrogen and oxygen atoms in total. The van der Waals surface area contributed by atoms with Gasteiger partial charge in [-0.3, -0.25) is 0 Å². The zero-order valence-electron chi connectivity index (χ0n) is 10.5. The van der Waals surface area contributed by atoms with Crippen molar-refractivity contribution >= 4 is 0 Å². The fourth-order valence-corrected chi connectivity index (χ4v) is 2.51. The van der Waals surface area contributed by atoms with Crippen molar-refractivity contribution in [2.24, 2.45) is 0 Å². The first-order chi connectivity index (χ1) is 8.78. The predicted octanol–water partition coefficient (Wildman–Crippen LogP) is 2.12. The maximum atomic E-state index is 9.37. The molecule has 1 aromatic carbocycles. The highest BCUT2D eigenvalue weighted by atomic mass is 16.3.